The first kappa shape index (κ1) is 23.0. The van der Waals surface area contributed by atoms with Gasteiger partial charge < -0.3 is 42.3 Å². The molecule has 0 saturated carbocycles. The SMILES string of the molecule is Nc1ncnc2c1ncn2[C@@H]1O[C@H](COP(=O)(O)[S-])[C@@H](O)[C@H]1O.[Li+].[Li]. The largest absolute Gasteiger partial charge is 1.00 e. The van der Waals surface area contributed by atoms with Gasteiger partial charge in [-0.15, -0.1) is 0 Å². The van der Waals surface area contributed by atoms with Crippen LogP contribution in [0.1, 0.15) is 6.23 Å². The van der Waals surface area contributed by atoms with Crippen molar-refractivity contribution in [3.05, 3.63) is 12.7 Å². The van der Waals surface area contributed by atoms with E-state index in [1.165, 1.54) is 17.2 Å². The van der Waals surface area contributed by atoms with Gasteiger partial charge in [0.25, 0.3) is 0 Å². The van der Waals surface area contributed by atoms with Crippen LogP contribution in [0.4, 0.5) is 5.82 Å². The first-order valence-corrected chi connectivity index (χ1v) is 9.00. The van der Waals surface area contributed by atoms with E-state index in [2.05, 4.69) is 31.7 Å². The van der Waals surface area contributed by atoms with Gasteiger partial charge in [0.15, 0.2) is 24.5 Å². The molecular weight excluding hydrogens is 363 g/mol. The number of imidazole rings is 1. The van der Waals surface area contributed by atoms with E-state index in [-0.39, 0.29) is 43.5 Å². The zero-order valence-electron chi connectivity index (χ0n) is 13.5. The zero-order chi connectivity index (χ0) is 16.8. The van der Waals surface area contributed by atoms with Gasteiger partial charge in [-0.25, -0.2) is 15.0 Å². The van der Waals surface area contributed by atoms with Crippen molar-refractivity contribution in [2.45, 2.75) is 24.5 Å². The summed E-state index contributed by atoms with van der Waals surface area (Å²) >= 11 is 4.22. The van der Waals surface area contributed by atoms with Gasteiger partial charge in [0, 0.05) is 18.9 Å². The average Bonchev–Trinajstić information content (AvgIpc) is 3.01. The molecule has 3 heterocycles. The second kappa shape index (κ2) is 8.74. The summed E-state index contributed by atoms with van der Waals surface area (Å²) in [6.07, 6.45) is -2.19. The van der Waals surface area contributed by atoms with E-state index in [9.17, 15) is 14.8 Å². The van der Waals surface area contributed by atoms with E-state index in [0.29, 0.717) is 11.2 Å². The van der Waals surface area contributed by atoms with Gasteiger partial charge in [-0.2, -0.15) is 0 Å². The minimum atomic E-state index is -4.14. The van der Waals surface area contributed by atoms with E-state index >= 15 is 0 Å². The third-order valence-corrected chi connectivity index (χ3v) is 4.19. The maximum Gasteiger partial charge on any atom is 1.00 e. The van der Waals surface area contributed by atoms with Gasteiger partial charge in [0.05, 0.1) is 12.9 Å². The normalized spacial score (nSPS) is 28.2. The van der Waals surface area contributed by atoms with Crippen LogP contribution >= 0.6 is 6.80 Å². The number of hydrogen-bond acceptors (Lipinski definition) is 10. The predicted molar refractivity (Wildman–Crippen MR) is 84.6 cm³/mol. The Labute approximate surface area is 171 Å². The number of nitrogen functional groups attached to an aromatic ring is 1. The van der Waals surface area contributed by atoms with Crippen LogP contribution in [0.3, 0.4) is 0 Å². The Morgan fingerprint density at radius 1 is 1.36 bits per heavy atom. The predicted octanol–water partition coefficient (Wildman–Crippen LogP) is -4.69. The molecule has 127 valence electrons. The van der Waals surface area contributed by atoms with Gasteiger partial charge in [-0.3, -0.25) is 9.13 Å². The zero-order valence-corrected chi connectivity index (χ0v) is 15.2. The van der Waals surface area contributed by atoms with Crippen LogP contribution in [0.15, 0.2) is 12.7 Å². The van der Waals surface area contributed by atoms with Crippen LogP contribution in [-0.2, 0) is 26.1 Å². The summed E-state index contributed by atoms with van der Waals surface area (Å²) in [5.74, 6) is 0.161. The van der Waals surface area contributed by atoms with Gasteiger partial charge in [0.1, 0.15) is 30.2 Å². The molecule has 5 N–H and O–H groups in total. The maximum absolute atomic E-state index is 11.0. The molecule has 1 fully saturated rings. The molecule has 1 saturated heterocycles. The third-order valence-electron chi connectivity index (χ3n) is 3.40. The van der Waals surface area contributed by atoms with Crippen molar-refractivity contribution in [1.82, 2.24) is 19.5 Å². The molecule has 1 radical (unpaired) electrons. The molecule has 0 aliphatic carbocycles. The molecule has 0 aromatic carbocycles. The third kappa shape index (κ3) is 4.80. The van der Waals surface area contributed by atoms with Crippen LogP contribution in [0, 0.1) is 0 Å². The fourth-order valence-electron chi connectivity index (χ4n) is 2.32. The number of nitrogens with two attached hydrogens (primary N) is 1. The molecule has 25 heavy (non-hydrogen) atoms. The Morgan fingerprint density at radius 2 is 2.04 bits per heavy atom. The average molecular weight is 376 g/mol. The van der Waals surface area contributed by atoms with Crippen LogP contribution in [0.25, 0.3) is 11.2 Å². The van der Waals surface area contributed by atoms with E-state index in [1.54, 1.807) is 0 Å². The Kier molecular flexibility index (Phi) is 8.03. The molecule has 0 bridgehead atoms. The molecule has 1 unspecified atom stereocenters. The summed E-state index contributed by atoms with van der Waals surface area (Å²) < 4.78 is 22.4. The molecule has 0 spiro atoms. The summed E-state index contributed by atoms with van der Waals surface area (Å²) in [6.45, 7) is -4.58. The molecule has 11 nitrogen and oxygen atoms in total. The van der Waals surface area contributed by atoms with Crippen molar-refractivity contribution >= 4 is 54.9 Å². The first-order valence-electron chi connectivity index (χ1n) is 6.41. The molecule has 3 rings (SSSR count). The van der Waals surface area contributed by atoms with Crippen molar-refractivity contribution in [1.29, 1.82) is 0 Å². The number of aromatic nitrogens is 4. The van der Waals surface area contributed by atoms with Gasteiger partial charge in [-0.05, 0) is 0 Å². The molecule has 15 heteroatoms. The van der Waals surface area contributed by atoms with Crippen molar-refractivity contribution in [2.24, 2.45) is 0 Å². The molecular formula is C10H13Li2N5O6PS. The summed E-state index contributed by atoms with van der Waals surface area (Å²) in [7, 11) is 0. The number of anilines is 1. The van der Waals surface area contributed by atoms with Gasteiger partial charge in [0.2, 0.25) is 0 Å². The number of fused-ring (bicyclic) bond motifs is 1. The Morgan fingerprint density at radius 3 is 2.68 bits per heavy atom. The number of ether oxygens (including phenoxy) is 1. The number of hydrogen-bond donors (Lipinski definition) is 4. The van der Waals surface area contributed by atoms with E-state index in [0.717, 1.165) is 0 Å². The number of nitrogens with zero attached hydrogens (tertiary/aromatic N) is 4. The Hall–Kier alpha value is -0.0752. The second-order valence-electron chi connectivity index (χ2n) is 4.89. The van der Waals surface area contributed by atoms with Gasteiger partial charge in [-0.1, -0.05) is 0 Å². The minimum absolute atomic E-state index is 0. The van der Waals surface area contributed by atoms with Crippen molar-refractivity contribution in [2.75, 3.05) is 12.3 Å². The van der Waals surface area contributed by atoms with E-state index in [4.69, 9.17) is 15.4 Å². The molecule has 2 aromatic rings. The molecule has 2 aromatic heterocycles. The molecule has 0 amide bonds. The van der Waals surface area contributed by atoms with E-state index < -0.39 is 37.9 Å². The summed E-state index contributed by atoms with van der Waals surface area (Å²) in [4.78, 5) is 20.8. The molecule has 1 aliphatic heterocycles. The molecule has 1 aliphatic rings. The quantitative estimate of drug-likeness (QED) is 0.230. The van der Waals surface area contributed by atoms with Crippen molar-refractivity contribution in [3.63, 3.8) is 0 Å². The fraction of sp³-hybridized carbons (Fsp3) is 0.500. The van der Waals surface area contributed by atoms with Gasteiger partial charge >= 0.3 is 18.9 Å². The van der Waals surface area contributed by atoms with Crippen molar-refractivity contribution < 1.29 is 47.8 Å². The van der Waals surface area contributed by atoms with E-state index in [1.807, 2.05) is 0 Å². The number of aliphatic hydroxyl groups excluding tert-OH is 2. The fourth-order valence-corrected chi connectivity index (χ4v) is 2.84. The number of aliphatic hydroxyl groups is 2. The smallest absolute Gasteiger partial charge is 0.660 e. The Balaban J connectivity index is 0.00000156. The van der Waals surface area contributed by atoms with Crippen LogP contribution in [0.5, 0.6) is 0 Å². The first-order chi connectivity index (χ1) is 10.8. The van der Waals surface area contributed by atoms with Crippen LogP contribution in [0.2, 0.25) is 0 Å². The monoisotopic (exact) mass is 376 g/mol. The summed E-state index contributed by atoms with van der Waals surface area (Å²) in [5, 5.41) is 20.1. The minimum Gasteiger partial charge on any atom is -0.660 e. The Bertz CT molecular complexity index is 777. The standard InChI is InChI=1S/C10H14N5O6PS.2Li/c11-8-5-9(13-2-12-8)15(3-14-5)10-7(17)6(16)4(21-10)1-20-22(18,19)23;;/h2-4,6-7,10,16-17H,1H2,(H2,11,12,13)(H2,18,19,23);;/q;;+1/p-1/t4-,6-,7-,10-;;/m1../s1. The summed E-state index contributed by atoms with van der Waals surface area (Å²) in [5.41, 5.74) is 6.32. The second-order valence-corrected chi connectivity index (χ2v) is 7.47. The summed E-state index contributed by atoms with van der Waals surface area (Å²) in [6, 6.07) is 0. The maximum atomic E-state index is 11.0. The van der Waals surface area contributed by atoms with Crippen molar-refractivity contribution in [3.8, 4) is 0 Å². The van der Waals surface area contributed by atoms with Crippen LogP contribution in [-0.4, -0.2) is 78.4 Å². The number of rotatable bonds is 4. The molecule has 5 atom stereocenters. The topological polar surface area (TPSA) is 166 Å². The van der Waals surface area contributed by atoms with Crippen LogP contribution < -0.4 is 24.6 Å².